The van der Waals surface area contributed by atoms with Crippen LogP contribution in [0.1, 0.15) is 51.0 Å². The van der Waals surface area contributed by atoms with Crippen molar-refractivity contribution in [2.75, 3.05) is 36.4 Å². The van der Waals surface area contributed by atoms with Crippen molar-refractivity contribution in [3.63, 3.8) is 0 Å². The number of rotatable bonds is 5. The van der Waals surface area contributed by atoms with Crippen LogP contribution in [0.25, 0.3) is 21.9 Å². The highest BCUT2D eigenvalue weighted by Crippen LogP contribution is 2.30. The zero-order chi connectivity index (χ0) is 24.7. The second-order valence-electron chi connectivity index (χ2n) is 9.51. The number of amides is 1. The van der Waals surface area contributed by atoms with Crippen LogP contribution in [0.3, 0.4) is 0 Å². The number of benzene rings is 1. The van der Waals surface area contributed by atoms with Crippen molar-refractivity contribution in [1.82, 2.24) is 29.6 Å². The van der Waals surface area contributed by atoms with Crippen LogP contribution in [-0.2, 0) is 4.79 Å². The lowest BCUT2D eigenvalue weighted by molar-refractivity contribution is -0.129. The number of fused-ring (bicyclic) bond motifs is 2. The van der Waals surface area contributed by atoms with Gasteiger partial charge in [-0.1, -0.05) is 18.2 Å². The highest BCUT2D eigenvalue weighted by atomic mass is 16.2. The van der Waals surface area contributed by atoms with E-state index in [2.05, 4.69) is 55.0 Å². The van der Waals surface area contributed by atoms with Crippen LogP contribution in [0.2, 0.25) is 0 Å². The van der Waals surface area contributed by atoms with E-state index in [0.29, 0.717) is 37.9 Å². The molecule has 1 aromatic carbocycles. The Labute approximate surface area is 205 Å². The molecule has 182 valence electrons. The van der Waals surface area contributed by atoms with Crippen molar-refractivity contribution in [2.45, 2.75) is 46.7 Å². The molecule has 4 heterocycles. The van der Waals surface area contributed by atoms with Crippen molar-refractivity contribution in [3.05, 3.63) is 47.8 Å². The number of carbonyl (C=O) groups is 1. The fourth-order valence-corrected chi connectivity index (χ4v) is 4.66. The van der Waals surface area contributed by atoms with Crippen LogP contribution in [-0.4, -0.2) is 61.7 Å². The summed E-state index contributed by atoms with van der Waals surface area (Å²) in [5.74, 6) is 1.48. The number of hydrogen-bond donors (Lipinski definition) is 1. The molecule has 4 aromatic rings. The number of piperazine rings is 1. The molecule has 0 bridgehead atoms. The van der Waals surface area contributed by atoms with Crippen LogP contribution in [0, 0.1) is 6.92 Å². The predicted octanol–water partition coefficient (Wildman–Crippen LogP) is 4.11. The number of pyridine rings is 1. The maximum Gasteiger partial charge on any atom is 0.228 e. The van der Waals surface area contributed by atoms with E-state index in [-0.39, 0.29) is 18.0 Å². The van der Waals surface area contributed by atoms with E-state index in [1.165, 1.54) is 0 Å². The van der Waals surface area contributed by atoms with Gasteiger partial charge in [-0.3, -0.25) is 14.5 Å². The Hall–Kier alpha value is -3.75. The number of hydrogen-bond acceptors (Lipinski definition) is 7. The van der Waals surface area contributed by atoms with Gasteiger partial charge < -0.3 is 15.1 Å². The summed E-state index contributed by atoms with van der Waals surface area (Å²) >= 11 is 0. The van der Waals surface area contributed by atoms with Crippen LogP contribution in [0.4, 0.5) is 11.8 Å². The summed E-state index contributed by atoms with van der Waals surface area (Å²) in [4.78, 5) is 30.3. The molecular weight excluding hydrogens is 440 g/mol. The lowest BCUT2D eigenvalue weighted by Crippen LogP contribution is -2.48. The molecule has 0 aliphatic carbocycles. The van der Waals surface area contributed by atoms with Gasteiger partial charge in [0.15, 0.2) is 11.3 Å². The first-order chi connectivity index (χ1) is 16.8. The van der Waals surface area contributed by atoms with Crippen molar-refractivity contribution >= 4 is 39.6 Å². The third-order valence-corrected chi connectivity index (χ3v) is 6.73. The Morgan fingerprint density at radius 1 is 1.03 bits per heavy atom. The monoisotopic (exact) mass is 472 g/mol. The summed E-state index contributed by atoms with van der Waals surface area (Å²) in [7, 11) is 0. The van der Waals surface area contributed by atoms with Gasteiger partial charge in [0, 0.05) is 50.7 Å². The van der Waals surface area contributed by atoms with Crippen molar-refractivity contribution in [1.29, 1.82) is 0 Å². The van der Waals surface area contributed by atoms with Crippen molar-refractivity contribution in [2.24, 2.45) is 0 Å². The fraction of sp³-hybridized carbons (Fsp3) is 0.423. The highest BCUT2D eigenvalue weighted by molar-refractivity contribution is 5.88. The smallest absolute Gasteiger partial charge is 0.228 e. The lowest BCUT2D eigenvalue weighted by atomic mass is 10.1. The molecule has 9 heteroatoms. The minimum absolute atomic E-state index is 0.0304. The predicted molar refractivity (Wildman–Crippen MR) is 139 cm³/mol. The fourth-order valence-electron chi connectivity index (χ4n) is 4.66. The van der Waals surface area contributed by atoms with Crippen LogP contribution < -0.4 is 10.2 Å². The molecule has 0 spiro atoms. The van der Waals surface area contributed by atoms with Gasteiger partial charge in [0.2, 0.25) is 11.9 Å². The van der Waals surface area contributed by atoms with Gasteiger partial charge in [-0.15, -0.1) is 0 Å². The molecular formula is C26H32N8O. The Morgan fingerprint density at radius 3 is 2.49 bits per heavy atom. The van der Waals surface area contributed by atoms with Crippen LogP contribution in [0.5, 0.6) is 0 Å². The Kier molecular flexibility index (Phi) is 6.00. The van der Waals surface area contributed by atoms with E-state index >= 15 is 0 Å². The second kappa shape index (κ2) is 9.13. The van der Waals surface area contributed by atoms with Gasteiger partial charge in [0.05, 0.1) is 17.3 Å². The maximum absolute atomic E-state index is 11.8. The number of nitrogens with one attached hydrogen (secondary N) is 1. The first-order valence-electron chi connectivity index (χ1n) is 12.2. The molecule has 35 heavy (non-hydrogen) atoms. The average molecular weight is 473 g/mol. The molecule has 9 nitrogen and oxygen atoms in total. The number of aromatic nitrogens is 5. The zero-order valence-electron chi connectivity index (χ0n) is 21.0. The van der Waals surface area contributed by atoms with Gasteiger partial charge in [-0.25, -0.2) is 4.98 Å². The molecule has 1 aliphatic rings. The Morgan fingerprint density at radius 2 is 1.77 bits per heavy atom. The molecule has 1 N–H and O–H groups in total. The third-order valence-electron chi connectivity index (χ3n) is 6.73. The molecule has 1 fully saturated rings. The highest BCUT2D eigenvalue weighted by Gasteiger charge is 2.24. The molecule has 1 atom stereocenters. The van der Waals surface area contributed by atoms with E-state index in [4.69, 9.17) is 15.1 Å². The first kappa shape index (κ1) is 23.0. The standard InChI is InChI=1S/C26H32N8O/c1-16(2)34-18(4)23-24(31-34)25(30-26(29-23)33-12-10-32(11-13-33)19(5)35)28-17(3)21-14-20-8-6-7-9-22(20)27-15-21/h6-9,14-17H,10-13H2,1-5H3,(H,28,29,30)/t17-/m1/s1. The summed E-state index contributed by atoms with van der Waals surface area (Å²) in [5.41, 5.74) is 4.69. The molecule has 5 rings (SSSR count). The van der Waals surface area contributed by atoms with Gasteiger partial charge in [0.25, 0.3) is 0 Å². The topological polar surface area (TPSA) is 92.1 Å². The average Bonchev–Trinajstić information content (AvgIpc) is 3.20. The molecule has 0 saturated carbocycles. The molecule has 3 aromatic heterocycles. The molecule has 1 amide bonds. The first-order valence-corrected chi connectivity index (χ1v) is 12.2. The minimum atomic E-state index is -0.0304. The van der Waals surface area contributed by atoms with Gasteiger partial charge in [-0.2, -0.15) is 10.1 Å². The quantitative estimate of drug-likeness (QED) is 0.467. The van der Waals surface area contributed by atoms with Gasteiger partial charge in [-0.05, 0) is 45.4 Å². The van der Waals surface area contributed by atoms with E-state index in [9.17, 15) is 4.79 Å². The number of carbonyl (C=O) groups excluding carboxylic acids is 1. The number of aryl methyl sites for hydroxylation is 1. The van der Waals surface area contributed by atoms with E-state index in [0.717, 1.165) is 33.2 Å². The molecule has 1 aliphatic heterocycles. The van der Waals surface area contributed by atoms with E-state index in [1.54, 1.807) is 6.92 Å². The summed E-state index contributed by atoms with van der Waals surface area (Å²) in [5, 5.41) is 9.57. The van der Waals surface area contributed by atoms with E-state index < -0.39 is 0 Å². The summed E-state index contributed by atoms with van der Waals surface area (Å²) in [6, 6.07) is 10.5. The second-order valence-corrected chi connectivity index (χ2v) is 9.51. The van der Waals surface area contributed by atoms with Crippen LogP contribution >= 0.6 is 0 Å². The van der Waals surface area contributed by atoms with E-state index in [1.807, 2.05) is 34.0 Å². The number of para-hydroxylation sites is 1. The van der Waals surface area contributed by atoms with Crippen molar-refractivity contribution in [3.8, 4) is 0 Å². The number of nitrogens with zero attached hydrogens (tertiary/aromatic N) is 7. The largest absolute Gasteiger partial charge is 0.361 e. The van der Waals surface area contributed by atoms with Gasteiger partial charge in [0.1, 0.15) is 5.52 Å². The molecule has 0 unspecified atom stereocenters. The maximum atomic E-state index is 11.8. The summed E-state index contributed by atoms with van der Waals surface area (Å²) in [6.07, 6.45) is 1.91. The van der Waals surface area contributed by atoms with Gasteiger partial charge >= 0.3 is 0 Å². The third kappa shape index (κ3) is 4.38. The SMILES string of the molecule is CC(=O)N1CCN(c2nc(N[C@H](C)c3cnc4ccccc4c3)c3nn(C(C)C)c(C)c3n2)CC1. The lowest BCUT2D eigenvalue weighted by Gasteiger charge is -2.34. The minimum Gasteiger partial charge on any atom is -0.361 e. The normalized spacial score (nSPS) is 15.3. The zero-order valence-corrected chi connectivity index (χ0v) is 21.0. The molecule has 0 radical (unpaired) electrons. The summed E-state index contributed by atoms with van der Waals surface area (Å²) < 4.78 is 2.00. The van der Waals surface area contributed by atoms with Crippen LogP contribution in [0.15, 0.2) is 36.5 Å². The Bertz CT molecular complexity index is 1390. The summed E-state index contributed by atoms with van der Waals surface area (Å²) in [6.45, 7) is 12.8. The Balaban J connectivity index is 1.52. The molecule has 1 saturated heterocycles. The van der Waals surface area contributed by atoms with Crippen molar-refractivity contribution < 1.29 is 4.79 Å². The number of anilines is 2.